The highest BCUT2D eigenvalue weighted by Gasteiger charge is 2.31. The summed E-state index contributed by atoms with van der Waals surface area (Å²) in [6, 6.07) is 4.36. The van der Waals surface area contributed by atoms with Crippen LogP contribution >= 0.6 is 0 Å². The minimum absolute atomic E-state index is 0.0132. The smallest absolute Gasteiger partial charge is 0.287 e. The lowest BCUT2D eigenvalue weighted by Crippen LogP contribution is -2.52. The van der Waals surface area contributed by atoms with Gasteiger partial charge >= 0.3 is 0 Å². The highest BCUT2D eigenvalue weighted by atomic mass is 32.2. The molecule has 0 bridgehead atoms. The van der Waals surface area contributed by atoms with Crippen LogP contribution in [0, 0.1) is 5.41 Å². The Morgan fingerprint density at radius 1 is 1.07 bits per heavy atom. The molecule has 4 rings (SSSR count). The SMILES string of the molecule is CCCC1NC(C)=C(C(=O)NNC(=N)c2cc(S(=O)(=O)N3CCN(CC(=O)N4CCOCC4)CC3)ccc2OCC)N1. The number of carbonyl (C=O) groups is 2. The van der Waals surface area contributed by atoms with Gasteiger partial charge in [-0.05, 0) is 38.5 Å². The average molecular weight is 607 g/mol. The van der Waals surface area contributed by atoms with Crippen LogP contribution in [0.1, 0.15) is 39.2 Å². The van der Waals surface area contributed by atoms with Crippen LogP contribution in [0.5, 0.6) is 5.75 Å². The number of hydrazine groups is 1. The Bertz CT molecular complexity index is 1290. The number of nitrogens with zero attached hydrogens (tertiary/aromatic N) is 3. The third-order valence-electron chi connectivity index (χ3n) is 7.40. The van der Waals surface area contributed by atoms with Gasteiger partial charge in [0.25, 0.3) is 5.91 Å². The highest BCUT2D eigenvalue weighted by molar-refractivity contribution is 7.89. The van der Waals surface area contributed by atoms with Crippen molar-refractivity contribution in [1.29, 1.82) is 5.41 Å². The number of sulfonamides is 1. The molecule has 0 saturated carbocycles. The maximum absolute atomic E-state index is 13.6. The van der Waals surface area contributed by atoms with Gasteiger partial charge in [-0.1, -0.05) is 13.3 Å². The monoisotopic (exact) mass is 606 g/mol. The van der Waals surface area contributed by atoms with Gasteiger partial charge in [0.05, 0.1) is 43.0 Å². The fourth-order valence-electron chi connectivity index (χ4n) is 5.10. The van der Waals surface area contributed by atoms with Crippen molar-refractivity contribution in [2.24, 2.45) is 0 Å². The second kappa shape index (κ2) is 14.2. The van der Waals surface area contributed by atoms with E-state index < -0.39 is 15.9 Å². The lowest BCUT2D eigenvalue weighted by Gasteiger charge is -2.35. The Hall–Kier alpha value is -3.40. The van der Waals surface area contributed by atoms with E-state index in [0.717, 1.165) is 12.8 Å². The van der Waals surface area contributed by atoms with Gasteiger partial charge in [-0.2, -0.15) is 4.31 Å². The Kier molecular flexibility index (Phi) is 10.6. The molecule has 42 heavy (non-hydrogen) atoms. The summed E-state index contributed by atoms with van der Waals surface area (Å²) in [6.45, 7) is 9.76. The van der Waals surface area contributed by atoms with E-state index in [1.807, 2.05) is 4.90 Å². The molecule has 0 aromatic heterocycles. The number of amidine groups is 1. The number of piperazine rings is 1. The molecule has 3 heterocycles. The van der Waals surface area contributed by atoms with Crippen LogP contribution in [0.25, 0.3) is 0 Å². The molecule has 3 aliphatic rings. The summed E-state index contributed by atoms with van der Waals surface area (Å²) in [5, 5.41) is 14.9. The molecule has 0 radical (unpaired) electrons. The van der Waals surface area contributed by atoms with Gasteiger partial charge < -0.3 is 25.0 Å². The molecular formula is C27H42N8O6S. The van der Waals surface area contributed by atoms with Gasteiger partial charge in [-0.25, -0.2) is 8.42 Å². The zero-order valence-corrected chi connectivity index (χ0v) is 25.3. The van der Waals surface area contributed by atoms with Crippen LogP contribution in [0.3, 0.4) is 0 Å². The second-order valence-corrected chi connectivity index (χ2v) is 12.3. The molecule has 0 aliphatic carbocycles. The van der Waals surface area contributed by atoms with Crippen molar-refractivity contribution in [2.75, 3.05) is 65.6 Å². The largest absolute Gasteiger partial charge is 0.493 e. The molecule has 1 unspecified atom stereocenters. The maximum Gasteiger partial charge on any atom is 0.287 e. The predicted molar refractivity (Wildman–Crippen MR) is 156 cm³/mol. The van der Waals surface area contributed by atoms with E-state index in [0.29, 0.717) is 63.1 Å². The topological polar surface area (TPSA) is 168 Å². The van der Waals surface area contributed by atoms with Crippen molar-refractivity contribution >= 4 is 27.7 Å². The quantitative estimate of drug-likeness (QED) is 0.136. The van der Waals surface area contributed by atoms with Crippen LogP contribution in [0.2, 0.25) is 0 Å². The number of rotatable bonds is 10. The molecule has 15 heteroatoms. The molecular weight excluding hydrogens is 564 g/mol. The Morgan fingerprint density at radius 3 is 2.45 bits per heavy atom. The second-order valence-electron chi connectivity index (χ2n) is 10.3. The zero-order valence-electron chi connectivity index (χ0n) is 24.5. The summed E-state index contributed by atoms with van der Waals surface area (Å²) in [7, 11) is -3.88. The van der Waals surface area contributed by atoms with Gasteiger partial charge in [0, 0.05) is 45.0 Å². The Labute approximate surface area is 247 Å². The third kappa shape index (κ3) is 7.51. The van der Waals surface area contributed by atoms with E-state index in [9.17, 15) is 18.0 Å². The summed E-state index contributed by atoms with van der Waals surface area (Å²) in [4.78, 5) is 29.1. The van der Waals surface area contributed by atoms with Crippen molar-refractivity contribution in [2.45, 2.75) is 44.7 Å². The number of hydrogen-bond acceptors (Lipinski definition) is 10. The van der Waals surface area contributed by atoms with Crippen molar-refractivity contribution in [3.63, 3.8) is 0 Å². The number of benzene rings is 1. The molecule has 3 aliphatic heterocycles. The number of amides is 2. The zero-order chi connectivity index (χ0) is 30.3. The molecule has 2 amide bonds. The van der Waals surface area contributed by atoms with Crippen LogP contribution in [-0.4, -0.2) is 112 Å². The lowest BCUT2D eigenvalue weighted by molar-refractivity contribution is -0.136. The van der Waals surface area contributed by atoms with Crippen LogP contribution in [0.15, 0.2) is 34.5 Å². The van der Waals surface area contributed by atoms with Gasteiger partial charge in [0.15, 0.2) is 0 Å². The molecule has 1 aromatic rings. The first-order valence-electron chi connectivity index (χ1n) is 14.4. The van der Waals surface area contributed by atoms with Crippen LogP contribution < -0.4 is 26.2 Å². The Morgan fingerprint density at radius 2 is 1.79 bits per heavy atom. The van der Waals surface area contributed by atoms with E-state index >= 15 is 0 Å². The van der Waals surface area contributed by atoms with Crippen LogP contribution in [0.4, 0.5) is 0 Å². The first-order valence-corrected chi connectivity index (χ1v) is 15.8. The molecule has 1 aromatic carbocycles. The first-order chi connectivity index (χ1) is 20.1. The third-order valence-corrected chi connectivity index (χ3v) is 9.30. The summed E-state index contributed by atoms with van der Waals surface area (Å²) in [6.07, 6.45) is 1.76. The van der Waals surface area contributed by atoms with Crippen molar-refractivity contribution in [1.82, 2.24) is 35.6 Å². The van der Waals surface area contributed by atoms with E-state index in [1.54, 1.807) is 18.7 Å². The van der Waals surface area contributed by atoms with Gasteiger partial charge in [0.2, 0.25) is 15.9 Å². The Balaban J connectivity index is 1.39. The first kappa shape index (κ1) is 31.5. The number of hydrogen-bond donors (Lipinski definition) is 5. The van der Waals surface area contributed by atoms with Crippen LogP contribution in [-0.2, 0) is 24.3 Å². The van der Waals surface area contributed by atoms with Gasteiger partial charge in [-0.15, -0.1) is 0 Å². The van der Waals surface area contributed by atoms with E-state index in [-0.39, 0.29) is 48.0 Å². The molecule has 5 N–H and O–H groups in total. The fourth-order valence-corrected chi connectivity index (χ4v) is 6.55. The minimum atomic E-state index is -3.88. The van der Waals surface area contributed by atoms with E-state index in [4.69, 9.17) is 14.9 Å². The lowest BCUT2D eigenvalue weighted by atomic mass is 10.2. The number of ether oxygens (including phenoxy) is 2. The normalized spacial score (nSPS) is 20.1. The molecule has 14 nitrogen and oxygen atoms in total. The van der Waals surface area contributed by atoms with Gasteiger partial charge in [0.1, 0.15) is 17.3 Å². The number of allylic oxidation sites excluding steroid dienone is 1. The predicted octanol–water partition coefficient (Wildman–Crippen LogP) is -0.253. The average Bonchev–Trinajstić information content (AvgIpc) is 3.36. The summed E-state index contributed by atoms with van der Waals surface area (Å²) in [5.74, 6) is -0.329. The van der Waals surface area contributed by atoms with E-state index in [1.165, 1.54) is 22.5 Å². The number of nitrogens with one attached hydrogen (secondary N) is 5. The molecule has 232 valence electrons. The summed E-state index contributed by atoms with van der Waals surface area (Å²) in [5.41, 5.74) is 6.38. The van der Waals surface area contributed by atoms with E-state index in [2.05, 4.69) is 28.4 Å². The molecule has 2 saturated heterocycles. The maximum atomic E-state index is 13.6. The van der Waals surface area contributed by atoms with Crippen molar-refractivity contribution in [3.8, 4) is 5.75 Å². The van der Waals surface area contributed by atoms with Gasteiger partial charge in [-0.3, -0.25) is 30.7 Å². The van der Waals surface area contributed by atoms with Crippen molar-refractivity contribution < 1.29 is 27.5 Å². The number of carbonyl (C=O) groups excluding carboxylic acids is 2. The fraction of sp³-hybridized carbons (Fsp3) is 0.593. The summed E-state index contributed by atoms with van der Waals surface area (Å²) < 4.78 is 39.5. The molecule has 0 spiro atoms. The molecule has 1 atom stereocenters. The standard InChI is InChI=1S/C27H42N8O6S/c1-4-6-23-29-19(3)25(30-23)27(37)32-31-26(28)21-17-20(7-8-22(21)41-5-2)42(38,39)35-11-9-33(10-12-35)18-24(36)34-13-15-40-16-14-34/h7-8,17,23,29-30H,4-6,9-16,18H2,1-3H3,(H2,28,31)(H,32,37). The van der Waals surface area contributed by atoms with Crippen molar-refractivity contribution in [3.05, 3.63) is 35.2 Å². The minimum Gasteiger partial charge on any atom is -0.493 e. The highest BCUT2D eigenvalue weighted by Crippen LogP contribution is 2.26. The number of morpholine rings is 1. The summed E-state index contributed by atoms with van der Waals surface area (Å²) >= 11 is 0. The molecule has 2 fully saturated rings.